The van der Waals surface area contributed by atoms with Crippen LogP contribution in [-0.4, -0.2) is 60.6 Å². The zero-order valence-corrected chi connectivity index (χ0v) is 12.0. The predicted octanol–water partition coefficient (Wildman–Crippen LogP) is 0.726. The van der Waals surface area contributed by atoms with Crippen LogP contribution >= 0.6 is 0 Å². The molecular weight excluding hydrogens is 252 g/mol. The Morgan fingerprint density at radius 1 is 1.30 bits per heavy atom. The Balaban J connectivity index is 2.18. The topological polar surface area (TPSA) is 43.8 Å². The van der Waals surface area contributed by atoms with Crippen molar-refractivity contribution in [2.24, 2.45) is 0 Å². The molecule has 0 aromatic heterocycles. The molecule has 1 aliphatic heterocycles. The summed E-state index contributed by atoms with van der Waals surface area (Å²) < 4.78 is 0. The molecule has 0 aliphatic carbocycles. The first kappa shape index (κ1) is 14.6. The van der Waals surface area contributed by atoms with Crippen LogP contribution in [0.15, 0.2) is 18.2 Å². The van der Waals surface area contributed by atoms with Gasteiger partial charge in [-0.3, -0.25) is 4.79 Å². The lowest BCUT2D eigenvalue weighted by Crippen LogP contribution is -2.47. The van der Waals surface area contributed by atoms with Crippen LogP contribution in [0.2, 0.25) is 0 Å². The quantitative estimate of drug-likeness (QED) is 0.766. The Labute approximate surface area is 120 Å². The van der Waals surface area contributed by atoms with Gasteiger partial charge in [0.2, 0.25) is 0 Å². The number of amides is 1. The third-order valence-electron chi connectivity index (χ3n) is 3.58. The molecule has 0 saturated carbocycles. The first-order valence-electron chi connectivity index (χ1n) is 6.80. The molecule has 0 unspecified atom stereocenters. The smallest absolute Gasteiger partial charge is 0.253 e. The van der Waals surface area contributed by atoms with Gasteiger partial charge in [-0.25, -0.2) is 0 Å². The molecule has 0 atom stereocenters. The Hall–Kier alpha value is -1.83. The first-order chi connectivity index (χ1) is 9.61. The minimum atomic E-state index is -0.171. The molecule has 0 bridgehead atoms. The van der Waals surface area contributed by atoms with E-state index in [4.69, 9.17) is 5.11 Å². The summed E-state index contributed by atoms with van der Waals surface area (Å²) in [5.41, 5.74) is 2.49. The highest BCUT2D eigenvalue weighted by Gasteiger charge is 2.20. The van der Waals surface area contributed by atoms with E-state index in [9.17, 15) is 4.79 Å². The fraction of sp³-hybridized carbons (Fsp3) is 0.438. The second-order valence-corrected chi connectivity index (χ2v) is 5.09. The third-order valence-corrected chi connectivity index (χ3v) is 3.58. The van der Waals surface area contributed by atoms with Crippen LogP contribution in [0.25, 0.3) is 0 Å². The van der Waals surface area contributed by atoms with E-state index in [1.54, 1.807) is 0 Å². The van der Waals surface area contributed by atoms with Gasteiger partial charge in [0, 0.05) is 37.3 Å². The monoisotopic (exact) mass is 272 g/mol. The Morgan fingerprint density at radius 2 is 2.00 bits per heavy atom. The third kappa shape index (κ3) is 3.38. The van der Waals surface area contributed by atoms with Crippen molar-refractivity contribution in [3.8, 4) is 11.8 Å². The summed E-state index contributed by atoms with van der Waals surface area (Å²) in [6.45, 7) is 5.13. The molecule has 1 heterocycles. The number of rotatable bonds is 1. The van der Waals surface area contributed by atoms with Crippen LogP contribution in [-0.2, 0) is 0 Å². The molecular formula is C16H20N2O2. The van der Waals surface area contributed by atoms with Crippen molar-refractivity contribution in [1.29, 1.82) is 0 Å². The van der Waals surface area contributed by atoms with E-state index in [2.05, 4.69) is 23.8 Å². The van der Waals surface area contributed by atoms with Crippen LogP contribution in [0.3, 0.4) is 0 Å². The molecule has 1 aromatic rings. The van der Waals surface area contributed by atoms with E-state index in [0.29, 0.717) is 5.56 Å². The number of aliphatic hydroxyl groups is 1. The highest BCUT2D eigenvalue weighted by atomic mass is 16.2. The summed E-state index contributed by atoms with van der Waals surface area (Å²) in [7, 11) is 2.07. The molecule has 1 fully saturated rings. The van der Waals surface area contributed by atoms with Crippen molar-refractivity contribution in [1.82, 2.24) is 9.80 Å². The molecule has 0 radical (unpaired) electrons. The number of nitrogens with zero attached hydrogens (tertiary/aromatic N) is 2. The number of carbonyl (C=O) groups is 1. The molecule has 1 saturated heterocycles. The standard InChI is InChI=1S/C16H20N2O2/c1-13-5-6-15(12-14(13)4-3-11-19)16(20)18-9-7-17(2)8-10-18/h5-6,12,19H,7-11H2,1-2H3. The summed E-state index contributed by atoms with van der Waals surface area (Å²) in [5, 5.41) is 8.77. The summed E-state index contributed by atoms with van der Waals surface area (Å²) in [4.78, 5) is 16.6. The summed E-state index contributed by atoms with van der Waals surface area (Å²) in [5.74, 6) is 5.58. The molecule has 1 aliphatic rings. The number of piperazine rings is 1. The lowest BCUT2D eigenvalue weighted by Gasteiger charge is -2.32. The number of hydrogen-bond acceptors (Lipinski definition) is 3. The van der Waals surface area contributed by atoms with Gasteiger partial charge in [-0.15, -0.1) is 0 Å². The van der Waals surface area contributed by atoms with E-state index in [1.807, 2.05) is 30.0 Å². The average molecular weight is 272 g/mol. The molecule has 4 heteroatoms. The van der Waals surface area contributed by atoms with Gasteiger partial charge in [0.25, 0.3) is 5.91 Å². The van der Waals surface area contributed by atoms with Gasteiger partial charge in [0.15, 0.2) is 0 Å². The summed E-state index contributed by atoms with van der Waals surface area (Å²) >= 11 is 0. The summed E-state index contributed by atoms with van der Waals surface area (Å²) in [6.07, 6.45) is 0. The van der Waals surface area contributed by atoms with Crippen molar-refractivity contribution >= 4 is 5.91 Å². The minimum absolute atomic E-state index is 0.0603. The van der Waals surface area contributed by atoms with Crippen LogP contribution in [0, 0.1) is 18.8 Å². The Kier molecular flexibility index (Phi) is 4.78. The van der Waals surface area contributed by atoms with Gasteiger partial charge in [0.05, 0.1) is 0 Å². The number of benzene rings is 1. The molecule has 1 N–H and O–H groups in total. The van der Waals surface area contributed by atoms with Gasteiger partial charge in [-0.1, -0.05) is 17.9 Å². The Bertz CT molecular complexity index is 549. The van der Waals surface area contributed by atoms with Crippen molar-refractivity contribution in [3.05, 3.63) is 34.9 Å². The maximum atomic E-state index is 12.5. The lowest BCUT2D eigenvalue weighted by atomic mass is 10.0. The zero-order chi connectivity index (χ0) is 14.5. The molecule has 20 heavy (non-hydrogen) atoms. The first-order valence-corrected chi connectivity index (χ1v) is 6.80. The molecule has 2 rings (SSSR count). The maximum absolute atomic E-state index is 12.5. The lowest BCUT2D eigenvalue weighted by molar-refractivity contribution is 0.0664. The highest BCUT2D eigenvalue weighted by Crippen LogP contribution is 2.13. The number of hydrogen-bond donors (Lipinski definition) is 1. The average Bonchev–Trinajstić information content (AvgIpc) is 2.46. The largest absolute Gasteiger partial charge is 0.384 e. The Morgan fingerprint density at radius 3 is 2.65 bits per heavy atom. The van der Waals surface area contributed by atoms with E-state index < -0.39 is 0 Å². The van der Waals surface area contributed by atoms with Crippen LogP contribution in [0.4, 0.5) is 0 Å². The molecule has 106 valence electrons. The van der Waals surface area contributed by atoms with E-state index >= 15 is 0 Å². The fourth-order valence-electron chi connectivity index (χ4n) is 2.22. The molecule has 1 aromatic carbocycles. The highest BCUT2D eigenvalue weighted by molar-refractivity contribution is 5.94. The minimum Gasteiger partial charge on any atom is -0.384 e. The van der Waals surface area contributed by atoms with Gasteiger partial charge < -0.3 is 14.9 Å². The number of carbonyl (C=O) groups excluding carboxylic acids is 1. The van der Waals surface area contributed by atoms with Gasteiger partial charge in [0.1, 0.15) is 6.61 Å². The zero-order valence-electron chi connectivity index (χ0n) is 12.0. The normalized spacial score (nSPS) is 15.7. The maximum Gasteiger partial charge on any atom is 0.253 e. The van der Waals surface area contributed by atoms with E-state index in [-0.39, 0.29) is 12.5 Å². The number of aryl methyl sites for hydroxylation is 1. The van der Waals surface area contributed by atoms with Crippen molar-refractivity contribution in [3.63, 3.8) is 0 Å². The van der Waals surface area contributed by atoms with Gasteiger partial charge in [-0.05, 0) is 31.7 Å². The predicted molar refractivity (Wildman–Crippen MR) is 78.5 cm³/mol. The van der Waals surface area contributed by atoms with E-state index in [0.717, 1.165) is 37.3 Å². The van der Waals surface area contributed by atoms with Crippen molar-refractivity contribution < 1.29 is 9.90 Å². The molecule has 0 spiro atoms. The van der Waals surface area contributed by atoms with E-state index in [1.165, 1.54) is 0 Å². The van der Waals surface area contributed by atoms with Crippen LogP contribution in [0.5, 0.6) is 0 Å². The summed E-state index contributed by atoms with van der Waals surface area (Å²) in [6, 6.07) is 5.57. The number of likely N-dealkylation sites (N-methyl/N-ethyl adjacent to an activating group) is 1. The van der Waals surface area contributed by atoms with Crippen molar-refractivity contribution in [2.75, 3.05) is 39.8 Å². The molecule has 4 nitrogen and oxygen atoms in total. The second-order valence-electron chi connectivity index (χ2n) is 5.09. The number of aliphatic hydroxyl groups excluding tert-OH is 1. The van der Waals surface area contributed by atoms with Crippen LogP contribution in [0.1, 0.15) is 21.5 Å². The SMILES string of the molecule is Cc1ccc(C(=O)N2CCN(C)CC2)cc1C#CCO. The van der Waals surface area contributed by atoms with Gasteiger partial charge in [-0.2, -0.15) is 0 Å². The van der Waals surface area contributed by atoms with Crippen molar-refractivity contribution in [2.45, 2.75) is 6.92 Å². The molecule has 1 amide bonds. The fourth-order valence-corrected chi connectivity index (χ4v) is 2.22. The second kappa shape index (κ2) is 6.56. The van der Waals surface area contributed by atoms with Crippen LogP contribution < -0.4 is 0 Å². The van der Waals surface area contributed by atoms with Gasteiger partial charge >= 0.3 is 0 Å².